The van der Waals surface area contributed by atoms with Crippen molar-refractivity contribution in [1.29, 1.82) is 0 Å². The first-order chi connectivity index (χ1) is 9.61. The highest BCUT2D eigenvalue weighted by molar-refractivity contribution is 7.89. The van der Waals surface area contributed by atoms with Crippen molar-refractivity contribution in [3.63, 3.8) is 0 Å². The maximum Gasteiger partial charge on any atom is 0.214 e. The molecule has 0 amide bonds. The lowest BCUT2D eigenvalue weighted by Crippen LogP contribution is -2.48. The lowest BCUT2D eigenvalue weighted by Gasteiger charge is -2.30. The average Bonchev–Trinajstić information content (AvgIpc) is 2.46. The summed E-state index contributed by atoms with van der Waals surface area (Å²) in [6.07, 6.45) is 8.61. The predicted molar refractivity (Wildman–Crippen MR) is 79.9 cm³/mol. The van der Waals surface area contributed by atoms with Gasteiger partial charge in [0.05, 0.1) is 11.9 Å². The van der Waals surface area contributed by atoms with Gasteiger partial charge in [-0.05, 0) is 38.0 Å². The molecule has 1 heterocycles. The van der Waals surface area contributed by atoms with Gasteiger partial charge in [-0.15, -0.1) is 0 Å². The summed E-state index contributed by atoms with van der Waals surface area (Å²) in [6, 6.07) is -0.108. The van der Waals surface area contributed by atoms with Crippen LogP contribution in [0, 0.1) is 5.92 Å². The van der Waals surface area contributed by atoms with Crippen LogP contribution in [0.4, 0.5) is 0 Å². The summed E-state index contributed by atoms with van der Waals surface area (Å²) < 4.78 is 32.9. The summed E-state index contributed by atoms with van der Waals surface area (Å²) in [5.41, 5.74) is 5.79. The van der Waals surface area contributed by atoms with Gasteiger partial charge in [0, 0.05) is 19.2 Å². The molecule has 2 atom stereocenters. The molecule has 0 aromatic heterocycles. The zero-order valence-electron chi connectivity index (χ0n) is 12.2. The monoisotopic (exact) mass is 304 g/mol. The molecule has 2 aliphatic rings. The van der Waals surface area contributed by atoms with Gasteiger partial charge >= 0.3 is 0 Å². The Balaban J connectivity index is 1.87. The van der Waals surface area contributed by atoms with E-state index in [9.17, 15) is 8.42 Å². The van der Waals surface area contributed by atoms with Crippen molar-refractivity contribution in [2.45, 2.75) is 63.5 Å². The van der Waals surface area contributed by atoms with Crippen molar-refractivity contribution in [2.75, 3.05) is 18.9 Å². The number of rotatable bonds is 6. The second-order valence-electron chi connectivity index (χ2n) is 6.13. The van der Waals surface area contributed by atoms with Crippen LogP contribution in [0.1, 0.15) is 51.4 Å². The molecule has 0 radical (unpaired) electrons. The number of nitrogens with two attached hydrogens (primary N) is 1. The van der Waals surface area contributed by atoms with E-state index in [1.807, 2.05) is 0 Å². The van der Waals surface area contributed by atoms with E-state index in [0.717, 1.165) is 32.1 Å². The lowest BCUT2D eigenvalue weighted by atomic mass is 9.84. The third-order valence-electron chi connectivity index (χ3n) is 4.48. The Morgan fingerprint density at radius 1 is 1.10 bits per heavy atom. The lowest BCUT2D eigenvalue weighted by molar-refractivity contribution is 0.0303. The SMILES string of the molecule is NCC(NS(=O)(=O)CC1CCCCO1)C1CCCCC1. The highest BCUT2D eigenvalue weighted by atomic mass is 32.2. The summed E-state index contributed by atoms with van der Waals surface area (Å²) in [4.78, 5) is 0. The van der Waals surface area contributed by atoms with Gasteiger partial charge in [-0.3, -0.25) is 0 Å². The Labute approximate surface area is 122 Å². The molecule has 2 fully saturated rings. The quantitative estimate of drug-likeness (QED) is 0.777. The molecule has 5 nitrogen and oxygen atoms in total. The number of nitrogens with one attached hydrogen (secondary N) is 1. The van der Waals surface area contributed by atoms with Gasteiger partial charge in [-0.25, -0.2) is 13.1 Å². The van der Waals surface area contributed by atoms with E-state index in [2.05, 4.69) is 4.72 Å². The molecule has 1 saturated heterocycles. The van der Waals surface area contributed by atoms with Crippen LogP contribution in [0.5, 0.6) is 0 Å². The van der Waals surface area contributed by atoms with Gasteiger partial charge in [0.2, 0.25) is 10.0 Å². The van der Waals surface area contributed by atoms with E-state index >= 15 is 0 Å². The number of hydrogen-bond acceptors (Lipinski definition) is 4. The number of sulfonamides is 1. The Morgan fingerprint density at radius 2 is 1.80 bits per heavy atom. The van der Waals surface area contributed by atoms with Gasteiger partial charge in [-0.1, -0.05) is 19.3 Å². The molecule has 2 unspecified atom stereocenters. The third-order valence-corrected chi connectivity index (χ3v) is 5.96. The van der Waals surface area contributed by atoms with Crippen LogP contribution in [-0.4, -0.2) is 39.5 Å². The molecular weight excluding hydrogens is 276 g/mol. The molecule has 2 rings (SSSR count). The first-order valence-corrected chi connectivity index (χ1v) is 9.57. The normalized spacial score (nSPS) is 27.4. The second-order valence-corrected chi connectivity index (χ2v) is 7.93. The predicted octanol–water partition coefficient (Wildman–Crippen LogP) is 1.38. The van der Waals surface area contributed by atoms with Crippen molar-refractivity contribution in [2.24, 2.45) is 11.7 Å². The van der Waals surface area contributed by atoms with E-state index < -0.39 is 10.0 Å². The van der Waals surface area contributed by atoms with Crippen LogP contribution in [-0.2, 0) is 14.8 Å². The Hall–Kier alpha value is -0.170. The largest absolute Gasteiger partial charge is 0.377 e. The molecule has 20 heavy (non-hydrogen) atoms. The summed E-state index contributed by atoms with van der Waals surface area (Å²) in [6.45, 7) is 1.07. The molecule has 6 heteroatoms. The van der Waals surface area contributed by atoms with Crippen LogP contribution < -0.4 is 10.5 Å². The molecule has 0 bridgehead atoms. The minimum absolute atomic E-state index is 0.0796. The maximum atomic E-state index is 12.3. The van der Waals surface area contributed by atoms with Gasteiger partial charge in [0.25, 0.3) is 0 Å². The van der Waals surface area contributed by atoms with Crippen LogP contribution >= 0.6 is 0 Å². The molecule has 1 aliphatic heterocycles. The molecule has 3 N–H and O–H groups in total. The van der Waals surface area contributed by atoms with E-state index in [1.165, 1.54) is 19.3 Å². The summed E-state index contributed by atoms with van der Waals surface area (Å²) in [5, 5.41) is 0. The van der Waals surface area contributed by atoms with Crippen LogP contribution in [0.25, 0.3) is 0 Å². The summed E-state index contributed by atoms with van der Waals surface area (Å²) in [7, 11) is -3.30. The van der Waals surface area contributed by atoms with E-state index in [1.54, 1.807) is 0 Å². The van der Waals surface area contributed by atoms with Crippen molar-refractivity contribution in [3.05, 3.63) is 0 Å². The van der Waals surface area contributed by atoms with Gasteiger partial charge in [-0.2, -0.15) is 0 Å². The van der Waals surface area contributed by atoms with Crippen LogP contribution in [0.15, 0.2) is 0 Å². The fourth-order valence-corrected chi connectivity index (χ4v) is 4.93. The zero-order chi connectivity index (χ0) is 14.4. The van der Waals surface area contributed by atoms with Crippen LogP contribution in [0.2, 0.25) is 0 Å². The van der Waals surface area contributed by atoms with E-state index in [-0.39, 0.29) is 17.9 Å². The molecule has 1 aliphatic carbocycles. The highest BCUT2D eigenvalue weighted by Crippen LogP contribution is 2.26. The second kappa shape index (κ2) is 7.73. The number of hydrogen-bond donors (Lipinski definition) is 2. The Bertz CT molecular complexity index is 374. The highest BCUT2D eigenvalue weighted by Gasteiger charge is 2.28. The fourth-order valence-electron chi connectivity index (χ4n) is 3.34. The summed E-state index contributed by atoms with van der Waals surface area (Å²) in [5.74, 6) is 0.478. The van der Waals surface area contributed by atoms with Crippen molar-refractivity contribution in [1.82, 2.24) is 4.72 Å². The zero-order valence-corrected chi connectivity index (χ0v) is 13.0. The van der Waals surface area contributed by atoms with Crippen molar-refractivity contribution < 1.29 is 13.2 Å². The molecule has 0 aromatic rings. The topological polar surface area (TPSA) is 81.4 Å². The first-order valence-electron chi connectivity index (χ1n) is 7.92. The molecule has 118 valence electrons. The maximum absolute atomic E-state index is 12.3. The Morgan fingerprint density at radius 3 is 2.40 bits per heavy atom. The smallest absolute Gasteiger partial charge is 0.214 e. The standard InChI is InChI=1S/C14H28N2O3S/c15-10-14(12-6-2-1-3-7-12)16-20(17,18)11-13-8-4-5-9-19-13/h12-14,16H,1-11,15H2. The molecule has 1 saturated carbocycles. The fraction of sp³-hybridized carbons (Fsp3) is 1.00. The minimum Gasteiger partial charge on any atom is -0.377 e. The van der Waals surface area contributed by atoms with Gasteiger partial charge in [0.15, 0.2) is 0 Å². The van der Waals surface area contributed by atoms with E-state index in [0.29, 0.717) is 19.1 Å². The van der Waals surface area contributed by atoms with E-state index in [4.69, 9.17) is 10.5 Å². The minimum atomic E-state index is -3.30. The summed E-state index contributed by atoms with van der Waals surface area (Å²) >= 11 is 0. The Kier molecular flexibility index (Phi) is 6.26. The van der Waals surface area contributed by atoms with Gasteiger partial charge < -0.3 is 10.5 Å². The molecular formula is C14H28N2O3S. The van der Waals surface area contributed by atoms with Crippen molar-refractivity contribution >= 4 is 10.0 Å². The van der Waals surface area contributed by atoms with Crippen LogP contribution in [0.3, 0.4) is 0 Å². The average molecular weight is 304 g/mol. The first kappa shape index (κ1) is 16.2. The molecule has 0 spiro atoms. The third kappa shape index (κ3) is 4.98. The number of ether oxygens (including phenoxy) is 1. The van der Waals surface area contributed by atoms with Crippen molar-refractivity contribution in [3.8, 4) is 0 Å². The van der Waals surface area contributed by atoms with Gasteiger partial charge in [0.1, 0.15) is 0 Å². The molecule has 0 aromatic carbocycles.